The van der Waals surface area contributed by atoms with E-state index in [2.05, 4.69) is 22.4 Å². The number of nitrogens with one attached hydrogen (secondary N) is 1. The second-order valence-corrected chi connectivity index (χ2v) is 8.31. The fourth-order valence-electron chi connectivity index (χ4n) is 3.96. The Morgan fingerprint density at radius 1 is 1.26 bits per heavy atom. The normalized spacial score (nSPS) is 18.0. The van der Waals surface area contributed by atoms with Crippen molar-refractivity contribution < 1.29 is 14.3 Å². The van der Waals surface area contributed by atoms with E-state index in [4.69, 9.17) is 9.47 Å². The summed E-state index contributed by atoms with van der Waals surface area (Å²) in [4.78, 5) is 16.7. The van der Waals surface area contributed by atoms with Crippen LogP contribution in [0.2, 0.25) is 0 Å². The summed E-state index contributed by atoms with van der Waals surface area (Å²) >= 11 is 1.58. The molecule has 1 aromatic carbocycles. The molecule has 0 bridgehead atoms. The first kappa shape index (κ1) is 18.0. The second-order valence-electron chi connectivity index (χ2n) is 7.25. The second kappa shape index (κ2) is 7.72. The van der Waals surface area contributed by atoms with Crippen LogP contribution in [0.25, 0.3) is 6.08 Å². The minimum atomic E-state index is -0.0775. The molecule has 0 spiro atoms. The zero-order valence-corrected chi connectivity index (χ0v) is 16.3. The van der Waals surface area contributed by atoms with E-state index in [1.165, 1.54) is 24.8 Å². The number of aromatic nitrogens is 1. The predicted octanol–water partition coefficient (Wildman–Crippen LogP) is 4.21. The number of benzene rings is 1. The third-order valence-electron chi connectivity index (χ3n) is 5.44. The lowest BCUT2D eigenvalue weighted by molar-refractivity contribution is -0.116. The first-order chi connectivity index (χ1) is 13.1. The van der Waals surface area contributed by atoms with Crippen LogP contribution in [-0.2, 0) is 10.2 Å². The highest BCUT2D eigenvalue weighted by atomic mass is 32.1. The molecule has 1 aromatic heterocycles. The number of rotatable bonds is 5. The van der Waals surface area contributed by atoms with Gasteiger partial charge in [0, 0.05) is 23.4 Å². The molecule has 1 fully saturated rings. The number of fused-ring (bicyclic) bond motifs is 1. The smallest absolute Gasteiger partial charge is 0.244 e. The van der Waals surface area contributed by atoms with Gasteiger partial charge in [-0.2, -0.15) is 0 Å². The molecule has 1 N–H and O–H groups in total. The van der Waals surface area contributed by atoms with Crippen molar-refractivity contribution in [2.45, 2.75) is 44.4 Å². The molecule has 0 atom stereocenters. The highest BCUT2D eigenvalue weighted by molar-refractivity contribution is 7.09. The van der Waals surface area contributed by atoms with Crippen LogP contribution >= 0.6 is 11.3 Å². The molecular weight excluding hydrogens is 360 g/mol. The van der Waals surface area contributed by atoms with Gasteiger partial charge in [-0.25, -0.2) is 4.98 Å². The van der Waals surface area contributed by atoms with Crippen molar-refractivity contribution in [3.8, 4) is 11.5 Å². The van der Waals surface area contributed by atoms with Gasteiger partial charge in [0.2, 0.25) is 12.7 Å². The Hall–Kier alpha value is -2.34. The summed E-state index contributed by atoms with van der Waals surface area (Å²) in [6.45, 7) is 2.87. The third-order valence-corrected chi connectivity index (χ3v) is 6.23. The van der Waals surface area contributed by atoms with Crippen LogP contribution in [0.5, 0.6) is 11.5 Å². The van der Waals surface area contributed by atoms with Gasteiger partial charge in [0.1, 0.15) is 0 Å². The van der Waals surface area contributed by atoms with E-state index in [1.807, 2.05) is 18.4 Å². The molecule has 1 aliphatic heterocycles. The van der Waals surface area contributed by atoms with Crippen LogP contribution in [0, 0.1) is 6.92 Å². The largest absolute Gasteiger partial charge is 0.454 e. The van der Waals surface area contributed by atoms with Gasteiger partial charge >= 0.3 is 0 Å². The topological polar surface area (TPSA) is 60.5 Å². The quantitative estimate of drug-likeness (QED) is 0.785. The Bertz CT molecular complexity index is 853. The van der Waals surface area contributed by atoms with Gasteiger partial charge in [-0.3, -0.25) is 4.79 Å². The van der Waals surface area contributed by atoms with Gasteiger partial charge in [-0.05, 0) is 43.5 Å². The van der Waals surface area contributed by atoms with Gasteiger partial charge in [0.05, 0.1) is 10.7 Å². The molecule has 2 aliphatic rings. The molecule has 1 amide bonds. The summed E-state index contributed by atoms with van der Waals surface area (Å²) in [6.07, 6.45) is 9.10. The Morgan fingerprint density at radius 3 is 2.85 bits per heavy atom. The highest BCUT2D eigenvalue weighted by Gasteiger charge is 2.35. The van der Waals surface area contributed by atoms with Crippen LogP contribution in [0.4, 0.5) is 0 Å². The van der Waals surface area contributed by atoms with Crippen molar-refractivity contribution in [2.75, 3.05) is 13.3 Å². The molecule has 1 saturated carbocycles. The fraction of sp³-hybridized carbons (Fsp3) is 0.429. The van der Waals surface area contributed by atoms with E-state index < -0.39 is 0 Å². The van der Waals surface area contributed by atoms with Gasteiger partial charge in [0.15, 0.2) is 11.5 Å². The van der Waals surface area contributed by atoms with Crippen LogP contribution in [0.3, 0.4) is 0 Å². The number of ether oxygens (including phenoxy) is 2. The monoisotopic (exact) mass is 384 g/mol. The SMILES string of the molecule is Cc1nc(C=CC(=O)NCC2(c3ccc4c(c3)OCO4)CCCCC2)cs1. The van der Waals surface area contributed by atoms with E-state index in [9.17, 15) is 4.79 Å². The number of hydrogen-bond donors (Lipinski definition) is 1. The lowest BCUT2D eigenvalue weighted by Crippen LogP contribution is -2.41. The molecule has 2 aromatic rings. The molecule has 1 aliphatic carbocycles. The first-order valence-electron chi connectivity index (χ1n) is 9.43. The lowest BCUT2D eigenvalue weighted by Gasteiger charge is -2.38. The van der Waals surface area contributed by atoms with Crippen molar-refractivity contribution in [1.82, 2.24) is 10.3 Å². The third kappa shape index (κ3) is 4.00. The van der Waals surface area contributed by atoms with Gasteiger partial charge < -0.3 is 14.8 Å². The molecule has 27 heavy (non-hydrogen) atoms. The number of aryl methyl sites for hydroxylation is 1. The number of nitrogens with zero attached hydrogens (tertiary/aromatic N) is 1. The Kier molecular flexibility index (Phi) is 5.16. The molecule has 0 saturated heterocycles. The van der Waals surface area contributed by atoms with Crippen molar-refractivity contribution in [2.24, 2.45) is 0 Å². The number of carbonyl (C=O) groups excluding carboxylic acids is 1. The maximum atomic E-state index is 12.4. The van der Waals surface area contributed by atoms with Crippen LogP contribution in [-0.4, -0.2) is 24.2 Å². The summed E-state index contributed by atoms with van der Waals surface area (Å²) in [5, 5.41) is 6.07. The Morgan fingerprint density at radius 2 is 2.07 bits per heavy atom. The average Bonchev–Trinajstić information content (AvgIpc) is 3.33. The zero-order valence-electron chi connectivity index (χ0n) is 15.5. The van der Waals surface area contributed by atoms with Crippen LogP contribution in [0.1, 0.15) is 48.4 Å². The molecule has 2 heterocycles. The first-order valence-corrected chi connectivity index (χ1v) is 10.3. The number of carbonyl (C=O) groups is 1. The average molecular weight is 385 g/mol. The van der Waals surface area contributed by atoms with Gasteiger partial charge in [-0.15, -0.1) is 11.3 Å². The fourth-order valence-corrected chi connectivity index (χ4v) is 4.54. The van der Waals surface area contributed by atoms with Gasteiger partial charge in [0.25, 0.3) is 0 Å². The van der Waals surface area contributed by atoms with E-state index >= 15 is 0 Å². The number of thiazole rings is 1. The number of hydrogen-bond acceptors (Lipinski definition) is 5. The van der Waals surface area contributed by atoms with Crippen LogP contribution < -0.4 is 14.8 Å². The van der Waals surface area contributed by atoms with E-state index in [0.29, 0.717) is 6.54 Å². The maximum absolute atomic E-state index is 12.4. The summed E-state index contributed by atoms with van der Waals surface area (Å²) < 4.78 is 11.0. The Labute approximate surface area is 163 Å². The Balaban J connectivity index is 1.47. The molecule has 5 nitrogen and oxygen atoms in total. The molecule has 6 heteroatoms. The predicted molar refractivity (Wildman–Crippen MR) is 106 cm³/mol. The zero-order chi connectivity index (χ0) is 18.7. The summed E-state index contributed by atoms with van der Waals surface area (Å²) in [6, 6.07) is 6.20. The lowest BCUT2D eigenvalue weighted by atomic mass is 9.69. The van der Waals surface area contributed by atoms with Crippen molar-refractivity contribution in [3.63, 3.8) is 0 Å². The molecular formula is C21H24N2O3S. The highest BCUT2D eigenvalue weighted by Crippen LogP contribution is 2.43. The van der Waals surface area contributed by atoms with Crippen molar-refractivity contribution in [1.29, 1.82) is 0 Å². The van der Waals surface area contributed by atoms with Gasteiger partial charge in [-0.1, -0.05) is 25.3 Å². The summed E-state index contributed by atoms with van der Waals surface area (Å²) in [7, 11) is 0. The molecule has 0 radical (unpaired) electrons. The molecule has 4 rings (SSSR count). The van der Waals surface area contributed by atoms with E-state index in [1.54, 1.807) is 23.5 Å². The van der Waals surface area contributed by atoms with Crippen molar-refractivity contribution >= 4 is 23.3 Å². The van der Waals surface area contributed by atoms with E-state index in [0.717, 1.165) is 35.0 Å². The minimum Gasteiger partial charge on any atom is -0.454 e. The number of amides is 1. The molecule has 0 unspecified atom stereocenters. The summed E-state index contributed by atoms with van der Waals surface area (Å²) in [5.41, 5.74) is 2.02. The van der Waals surface area contributed by atoms with Crippen LogP contribution in [0.15, 0.2) is 29.7 Å². The molecule has 142 valence electrons. The van der Waals surface area contributed by atoms with Crippen molar-refractivity contribution in [3.05, 3.63) is 45.9 Å². The standard InChI is InChI=1S/C21H24N2O3S/c1-15-23-17(12-27-15)6-8-20(24)22-13-21(9-3-2-4-10-21)16-5-7-18-19(11-16)26-14-25-18/h5-8,11-12H,2-4,9-10,13-14H2,1H3,(H,22,24). The van der Waals surface area contributed by atoms with E-state index in [-0.39, 0.29) is 18.1 Å². The minimum absolute atomic E-state index is 0.0417. The summed E-state index contributed by atoms with van der Waals surface area (Å²) in [5.74, 6) is 1.53. The maximum Gasteiger partial charge on any atom is 0.244 e.